The van der Waals surface area contributed by atoms with Crippen molar-refractivity contribution in [3.63, 3.8) is 0 Å². The van der Waals surface area contributed by atoms with E-state index in [9.17, 15) is 13.2 Å². The van der Waals surface area contributed by atoms with Crippen LogP contribution in [0, 0.1) is 12.8 Å². The van der Waals surface area contributed by atoms with Crippen molar-refractivity contribution in [2.24, 2.45) is 5.92 Å². The number of aliphatic carboxylic acids is 1. The highest BCUT2D eigenvalue weighted by Gasteiger charge is 2.34. The SMILES string of the molecule is CCn1cc(S(=O)(=O)N2CCCC(C(=O)O)C2)c(C)n1. The third kappa shape index (κ3) is 2.71. The summed E-state index contributed by atoms with van der Waals surface area (Å²) in [5, 5.41) is 13.2. The third-order valence-electron chi connectivity index (χ3n) is 3.58. The molecule has 0 radical (unpaired) electrons. The number of carboxylic acid groups (broad SMARTS) is 1. The molecule has 0 spiro atoms. The summed E-state index contributed by atoms with van der Waals surface area (Å²) in [7, 11) is -3.66. The van der Waals surface area contributed by atoms with Crippen molar-refractivity contribution in [2.75, 3.05) is 13.1 Å². The first kappa shape index (κ1) is 15.0. The Kier molecular flexibility index (Phi) is 4.14. The number of hydrogen-bond donors (Lipinski definition) is 1. The molecule has 1 unspecified atom stereocenters. The zero-order chi connectivity index (χ0) is 14.9. The Morgan fingerprint density at radius 1 is 1.55 bits per heavy atom. The molecule has 1 atom stereocenters. The number of nitrogens with zero attached hydrogens (tertiary/aromatic N) is 3. The van der Waals surface area contributed by atoms with Gasteiger partial charge < -0.3 is 5.11 Å². The van der Waals surface area contributed by atoms with E-state index < -0.39 is 21.9 Å². The van der Waals surface area contributed by atoms with Gasteiger partial charge in [-0.15, -0.1) is 0 Å². The zero-order valence-corrected chi connectivity index (χ0v) is 12.4. The third-order valence-corrected chi connectivity index (χ3v) is 5.54. The summed E-state index contributed by atoms with van der Waals surface area (Å²) in [5.41, 5.74) is 0.448. The predicted molar refractivity (Wildman–Crippen MR) is 71.8 cm³/mol. The summed E-state index contributed by atoms with van der Waals surface area (Å²) < 4.78 is 28.0. The summed E-state index contributed by atoms with van der Waals surface area (Å²) in [5.74, 6) is -1.56. The number of hydrogen-bond acceptors (Lipinski definition) is 4. The van der Waals surface area contributed by atoms with Crippen LogP contribution in [0.1, 0.15) is 25.5 Å². The molecule has 8 heteroatoms. The zero-order valence-electron chi connectivity index (χ0n) is 11.6. The number of piperidine rings is 1. The van der Waals surface area contributed by atoms with Crippen LogP contribution in [-0.2, 0) is 21.4 Å². The van der Waals surface area contributed by atoms with Gasteiger partial charge in [-0.2, -0.15) is 9.40 Å². The normalized spacial score (nSPS) is 21.0. The fourth-order valence-corrected chi connectivity index (χ4v) is 4.11. The van der Waals surface area contributed by atoms with Crippen LogP contribution in [-0.4, -0.2) is 46.7 Å². The van der Waals surface area contributed by atoms with E-state index in [1.165, 1.54) is 10.5 Å². The molecule has 1 fully saturated rings. The van der Waals surface area contributed by atoms with Gasteiger partial charge in [0.1, 0.15) is 4.90 Å². The molecule has 1 N–H and O–H groups in total. The maximum Gasteiger partial charge on any atom is 0.307 e. The molecule has 7 nitrogen and oxygen atoms in total. The van der Waals surface area contributed by atoms with E-state index in [0.29, 0.717) is 31.6 Å². The lowest BCUT2D eigenvalue weighted by Gasteiger charge is -2.29. The number of aryl methyl sites for hydroxylation is 2. The van der Waals surface area contributed by atoms with Gasteiger partial charge >= 0.3 is 5.97 Å². The van der Waals surface area contributed by atoms with Crippen LogP contribution in [0.4, 0.5) is 0 Å². The van der Waals surface area contributed by atoms with Crippen molar-refractivity contribution >= 4 is 16.0 Å². The Labute approximate surface area is 118 Å². The van der Waals surface area contributed by atoms with Gasteiger partial charge in [0.05, 0.1) is 11.6 Å². The Balaban J connectivity index is 2.29. The standard InChI is InChI=1S/C12H19N3O4S/c1-3-14-8-11(9(2)13-14)20(18,19)15-6-4-5-10(7-15)12(16)17/h8,10H,3-7H2,1-2H3,(H,16,17). The molecule has 1 aromatic heterocycles. The molecule has 2 rings (SSSR count). The Hall–Kier alpha value is -1.41. The minimum absolute atomic E-state index is 0.0361. The van der Waals surface area contributed by atoms with Crippen molar-refractivity contribution in [1.82, 2.24) is 14.1 Å². The van der Waals surface area contributed by atoms with Gasteiger partial charge in [-0.25, -0.2) is 8.42 Å². The van der Waals surface area contributed by atoms with Gasteiger partial charge in [-0.05, 0) is 26.7 Å². The van der Waals surface area contributed by atoms with Crippen molar-refractivity contribution < 1.29 is 18.3 Å². The lowest BCUT2D eigenvalue weighted by molar-refractivity contribution is -0.142. The summed E-state index contributed by atoms with van der Waals surface area (Å²) in [6, 6.07) is 0. The summed E-state index contributed by atoms with van der Waals surface area (Å²) >= 11 is 0. The second-order valence-electron chi connectivity index (χ2n) is 4.97. The minimum atomic E-state index is -3.66. The van der Waals surface area contributed by atoms with Crippen LogP contribution in [0.25, 0.3) is 0 Å². The molecule has 112 valence electrons. The maximum absolute atomic E-state index is 12.6. The molecular formula is C12H19N3O4S. The molecular weight excluding hydrogens is 282 g/mol. The van der Waals surface area contributed by atoms with Crippen molar-refractivity contribution in [2.45, 2.75) is 38.1 Å². The number of rotatable bonds is 4. The van der Waals surface area contributed by atoms with Crippen molar-refractivity contribution in [3.8, 4) is 0 Å². The maximum atomic E-state index is 12.6. The van der Waals surface area contributed by atoms with Crippen LogP contribution >= 0.6 is 0 Å². The largest absolute Gasteiger partial charge is 0.481 e. The molecule has 0 bridgehead atoms. The van der Waals surface area contributed by atoms with Gasteiger partial charge in [0, 0.05) is 25.8 Å². The summed E-state index contributed by atoms with van der Waals surface area (Å²) in [6.07, 6.45) is 2.60. The smallest absolute Gasteiger partial charge is 0.307 e. The van der Waals surface area contributed by atoms with Gasteiger partial charge in [-0.3, -0.25) is 9.48 Å². The van der Waals surface area contributed by atoms with Crippen LogP contribution in [0.15, 0.2) is 11.1 Å². The van der Waals surface area contributed by atoms with Gasteiger partial charge in [0.15, 0.2) is 0 Å². The Bertz CT molecular complexity index is 608. The topological polar surface area (TPSA) is 92.5 Å². The average molecular weight is 301 g/mol. The molecule has 0 saturated carbocycles. The molecule has 1 aliphatic heterocycles. The first-order chi connectivity index (χ1) is 9.36. The molecule has 0 aromatic carbocycles. The van der Waals surface area contributed by atoms with E-state index in [1.807, 2.05) is 6.92 Å². The van der Waals surface area contributed by atoms with E-state index in [4.69, 9.17) is 5.11 Å². The molecule has 1 aliphatic rings. The molecule has 0 amide bonds. The predicted octanol–water partition coefficient (Wildman–Crippen LogP) is 0.697. The number of sulfonamides is 1. The number of aromatic nitrogens is 2. The minimum Gasteiger partial charge on any atom is -0.481 e. The Morgan fingerprint density at radius 3 is 2.80 bits per heavy atom. The summed E-state index contributed by atoms with van der Waals surface area (Å²) in [4.78, 5) is 11.2. The van der Waals surface area contributed by atoms with Gasteiger partial charge in [0.2, 0.25) is 10.0 Å². The Morgan fingerprint density at radius 2 is 2.25 bits per heavy atom. The number of carbonyl (C=O) groups is 1. The van der Waals surface area contributed by atoms with Crippen LogP contribution in [0.2, 0.25) is 0 Å². The highest BCUT2D eigenvalue weighted by atomic mass is 32.2. The quantitative estimate of drug-likeness (QED) is 0.883. The first-order valence-corrected chi connectivity index (χ1v) is 8.07. The molecule has 20 heavy (non-hydrogen) atoms. The van der Waals surface area contributed by atoms with Gasteiger partial charge in [-0.1, -0.05) is 0 Å². The van der Waals surface area contributed by atoms with E-state index in [2.05, 4.69) is 5.10 Å². The molecule has 2 heterocycles. The van der Waals surface area contributed by atoms with E-state index in [-0.39, 0.29) is 11.4 Å². The highest BCUT2D eigenvalue weighted by molar-refractivity contribution is 7.89. The number of carboxylic acids is 1. The lowest BCUT2D eigenvalue weighted by atomic mass is 10.0. The first-order valence-electron chi connectivity index (χ1n) is 6.63. The van der Waals surface area contributed by atoms with Crippen LogP contribution in [0.3, 0.4) is 0 Å². The molecule has 0 aliphatic carbocycles. The fraction of sp³-hybridized carbons (Fsp3) is 0.667. The highest BCUT2D eigenvalue weighted by Crippen LogP contribution is 2.25. The monoisotopic (exact) mass is 301 g/mol. The lowest BCUT2D eigenvalue weighted by Crippen LogP contribution is -2.42. The van der Waals surface area contributed by atoms with E-state index in [1.54, 1.807) is 11.6 Å². The van der Waals surface area contributed by atoms with Gasteiger partial charge in [0.25, 0.3) is 0 Å². The van der Waals surface area contributed by atoms with E-state index in [0.717, 1.165) is 0 Å². The second kappa shape index (κ2) is 5.53. The summed E-state index contributed by atoms with van der Waals surface area (Å²) in [6.45, 7) is 4.52. The van der Waals surface area contributed by atoms with Crippen LogP contribution < -0.4 is 0 Å². The van der Waals surface area contributed by atoms with Crippen molar-refractivity contribution in [3.05, 3.63) is 11.9 Å². The van der Waals surface area contributed by atoms with E-state index >= 15 is 0 Å². The molecule has 1 aromatic rings. The van der Waals surface area contributed by atoms with Crippen LogP contribution in [0.5, 0.6) is 0 Å². The van der Waals surface area contributed by atoms with Crippen molar-refractivity contribution in [1.29, 1.82) is 0 Å². The average Bonchev–Trinajstić information content (AvgIpc) is 2.81. The molecule has 1 saturated heterocycles. The fourth-order valence-electron chi connectivity index (χ4n) is 2.42. The second-order valence-corrected chi connectivity index (χ2v) is 6.88.